The van der Waals surface area contributed by atoms with Crippen molar-refractivity contribution in [1.82, 2.24) is 0 Å². The van der Waals surface area contributed by atoms with Crippen LogP contribution in [-0.2, 0) is 26.1 Å². The summed E-state index contributed by atoms with van der Waals surface area (Å²) >= 11 is 0. The Labute approximate surface area is 131 Å². The topological polar surface area (TPSA) is 18.5 Å². The molecule has 0 unspecified atom stereocenters. The van der Waals surface area contributed by atoms with Crippen LogP contribution >= 0.6 is 17.0 Å². The van der Waals surface area contributed by atoms with Crippen LogP contribution in [0.3, 0.4) is 0 Å². The summed E-state index contributed by atoms with van der Waals surface area (Å²) in [5.41, 5.74) is 1.14. The summed E-state index contributed by atoms with van der Waals surface area (Å²) in [5, 5.41) is 0. The van der Waals surface area contributed by atoms with Crippen LogP contribution in [-0.4, -0.2) is 7.11 Å². The number of methoxy groups -OCH3 is 1. The fourth-order valence-corrected chi connectivity index (χ4v) is 1.41. The third-order valence-corrected chi connectivity index (χ3v) is 2.25. The van der Waals surface area contributed by atoms with E-state index in [0.29, 0.717) is 12.4 Å². The van der Waals surface area contributed by atoms with Gasteiger partial charge in [0.2, 0.25) is 0 Å². The maximum absolute atomic E-state index is 5.67. The zero-order valence-corrected chi connectivity index (χ0v) is 14.9. The number of benzene rings is 2. The van der Waals surface area contributed by atoms with E-state index in [1.54, 1.807) is 13.2 Å². The van der Waals surface area contributed by atoms with Crippen molar-refractivity contribution in [3.8, 4) is 11.5 Å². The van der Waals surface area contributed by atoms with Gasteiger partial charge in [-0.3, -0.25) is 0 Å². The molecule has 0 aliphatic rings. The van der Waals surface area contributed by atoms with Gasteiger partial charge in [0.05, 0.1) is 12.9 Å². The minimum absolute atomic E-state index is 0. The largest absolute Gasteiger partial charge is 0.551 e. The van der Waals surface area contributed by atoms with E-state index >= 15 is 0 Å². The van der Waals surface area contributed by atoms with Gasteiger partial charge in [-0.05, 0) is 5.56 Å². The van der Waals surface area contributed by atoms with E-state index in [4.69, 9.17) is 9.47 Å². The maximum atomic E-state index is 5.67. The van der Waals surface area contributed by atoms with Crippen LogP contribution in [0, 0.1) is 6.07 Å². The average Bonchev–Trinajstić information content (AvgIpc) is 2.38. The molecule has 0 bridgehead atoms. The molecule has 0 aromatic heterocycles. The molecule has 2 aromatic carbocycles. The molecule has 0 atom stereocenters. The van der Waals surface area contributed by atoms with Gasteiger partial charge >= 0.3 is 0 Å². The molecule has 4 heteroatoms. The predicted molar refractivity (Wildman–Crippen MR) is 72.9 cm³/mol. The fraction of sp³-hybridized carbons (Fsp3) is 0.143. The van der Waals surface area contributed by atoms with Gasteiger partial charge in [-0.15, -0.1) is 29.1 Å². The molecule has 0 aliphatic carbocycles. The minimum Gasteiger partial charge on any atom is -0.551 e. The number of hydrogen-bond acceptors (Lipinski definition) is 2. The second-order valence-electron chi connectivity index (χ2n) is 3.35. The second kappa shape index (κ2) is 9.12. The van der Waals surface area contributed by atoms with Crippen molar-refractivity contribution in [2.75, 3.05) is 7.11 Å². The van der Waals surface area contributed by atoms with Crippen molar-refractivity contribution in [2.45, 2.75) is 6.61 Å². The number of hydrogen-bond donors (Lipinski definition) is 0. The van der Waals surface area contributed by atoms with E-state index < -0.39 is 0 Å². The summed E-state index contributed by atoms with van der Waals surface area (Å²) in [6.07, 6.45) is 0. The summed E-state index contributed by atoms with van der Waals surface area (Å²) in [5.74, 6) is 1.45. The first-order valence-corrected chi connectivity index (χ1v) is 5.11. The van der Waals surface area contributed by atoms with Crippen molar-refractivity contribution < 1.29 is 29.0 Å². The van der Waals surface area contributed by atoms with Gasteiger partial charge in [-0.2, -0.15) is 12.1 Å². The summed E-state index contributed by atoms with van der Waals surface area (Å²) in [6, 6.07) is 18.4. The fourth-order valence-electron chi connectivity index (χ4n) is 1.41. The normalized spacial score (nSPS) is 8.72. The van der Waals surface area contributed by atoms with E-state index in [2.05, 4.69) is 6.07 Å². The van der Waals surface area contributed by atoms with Crippen molar-refractivity contribution in [1.29, 1.82) is 0 Å². The molecule has 0 fully saturated rings. The molecule has 0 heterocycles. The van der Waals surface area contributed by atoms with Gasteiger partial charge in [-0.25, -0.2) is 0 Å². The van der Waals surface area contributed by atoms with Crippen LogP contribution < -0.4 is 9.47 Å². The van der Waals surface area contributed by atoms with Crippen LogP contribution in [0.25, 0.3) is 0 Å². The standard InChI is InChI=1S/C14H13O2.BrH.Zn/c1-15-13-9-5-6-10-14(13)16-11-12-7-3-2-4-8-12;;/h2-4,6-10H,11H2,1H3;1H;/q-1;;. The Morgan fingerprint density at radius 3 is 2.44 bits per heavy atom. The van der Waals surface area contributed by atoms with Crippen LogP contribution in [0.5, 0.6) is 11.5 Å². The number of ether oxygens (including phenoxy) is 2. The summed E-state index contributed by atoms with van der Waals surface area (Å²) < 4.78 is 10.8. The van der Waals surface area contributed by atoms with Gasteiger partial charge in [0.15, 0.2) is 0 Å². The predicted octanol–water partition coefficient (Wildman–Crippen LogP) is 3.65. The zero-order chi connectivity index (χ0) is 11.2. The van der Waals surface area contributed by atoms with Crippen molar-refractivity contribution in [3.05, 3.63) is 60.2 Å². The molecule has 2 aromatic rings. The van der Waals surface area contributed by atoms with Crippen LogP contribution in [0.15, 0.2) is 48.5 Å². The average molecular weight is 360 g/mol. The van der Waals surface area contributed by atoms with Crippen molar-refractivity contribution in [2.24, 2.45) is 0 Å². The van der Waals surface area contributed by atoms with Crippen LogP contribution in [0.1, 0.15) is 5.56 Å². The molecule has 2 rings (SSSR count). The van der Waals surface area contributed by atoms with Gasteiger partial charge < -0.3 is 9.47 Å². The van der Waals surface area contributed by atoms with E-state index in [1.165, 1.54) is 0 Å². The number of rotatable bonds is 4. The molecular formula is C14H14BrO2Zn-. The number of halogens is 1. The Kier molecular flexibility index (Phi) is 8.69. The first-order chi connectivity index (χ1) is 7.90. The van der Waals surface area contributed by atoms with Gasteiger partial charge in [0.1, 0.15) is 6.61 Å². The molecule has 2 nitrogen and oxygen atoms in total. The van der Waals surface area contributed by atoms with Crippen LogP contribution in [0.2, 0.25) is 0 Å². The molecule has 0 amide bonds. The summed E-state index contributed by atoms with van der Waals surface area (Å²) in [4.78, 5) is 0. The zero-order valence-electron chi connectivity index (χ0n) is 10.3. The first-order valence-electron chi connectivity index (χ1n) is 5.11. The molecule has 0 N–H and O–H groups in total. The second-order valence-corrected chi connectivity index (χ2v) is 3.35. The van der Waals surface area contributed by atoms with Crippen LogP contribution in [0.4, 0.5) is 0 Å². The quantitative estimate of drug-likeness (QED) is 0.613. The first kappa shape index (κ1) is 17.1. The molecule has 0 saturated carbocycles. The molecule has 18 heavy (non-hydrogen) atoms. The van der Waals surface area contributed by atoms with E-state index in [-0.39, 0.29) is 36.5 Å². The molecule has 0 spiro atoms. The molecular weight excluding hydrogens is 345 g/mol. The Morgan fingerprint density at radius 1 is 1.06 bits per heavy atom. The molecule has 0 radical (unpaired) electrons. The van der Waals surface area contributed by atoms with Gasteiger partial charge in [-0.1, -0.05) is 30.3 Å². The minimum atomic E-state index is 0. The van der Waals surface area contributed by atoms with Gasteiger partial charge in [0.25, 0.3) is 0 Å². The Morgan fingerprint density at radius 2 is 1.78 bits per heavy atom. The van der Waals surface area contributed by atoms with E-state index in [0.717, 1.165) is 11.3 Å². The summed E-state index contributed by atoms with van der Waals surface area (Å²) in [7, 11) is 1.62. The molecule has 0 aliphatic heterocycles. The smallest absolute Gasteiger partial charge is 0.110 e. The van der Waals surface area contributed by atoms with Crippen molar-refractivity contribution >= 4 is 17.0 Å². The Balaban J connectivity index is 0.00000144. The van der Waals surface area contributed by atoms with Gasteiger partial charge in [0, 0.05) is 25.2 Å². The monoisotopic (exact) mass is 357 g/mol. The van der Waals surface area contributed by atoms with E-state index in [9.17, 15) is 0 Å². The Bertz CT molecular complexity index is 449. The summed E-state index contributed by atoms with van der Waals surface area (Å²) in [6.45, 7) is 0.543. The third-order valence-electron chi connectivity index (χ3n) is 2.25. The third kappa shape index (κ3) is 4.79. The van der Waals surface area contributed by atoms with Crippen molar-refractivity contribution in [3.63, 3.8) is 0 Å². The maximum Gasteiger partial charge on any atom is 0.110 e. The van der Waals surface area contributed by atoms with E-state index in [1.807, 2.05) is 42.5 Å². The molecule has 0 saturated heterocycles. The molecule has 92 valence electrons. The SMILES string of the molecule is Br.COc1c[c-]ccc1OCc1ccccc1.[Zn]. The Hall–Kier alpha value is -0.857.